The first-order valence-corrected chi connectivity index (χ1v) is 11.4. The number of anilines is 3. The Morgan fingerprint density at radius 2 is 2.06 bits per heavy atom. The minimum atomic E-state index is 0.329. The molecule has 3 rings (SSSR count). The SMILES string of the molecule is CCCc1cc(N2CCC(NC(C)CC(C)(C)C)C2)nc(Nc2cccc(C#N)c2)n1. The average Bonchev–Trinajstić information content (AvgIpc) is 3.15. The van der Waals surface area contributed by atoms with Crippen molar-refractivity contribution in [2.24, 2.45) is 5.41 Å². The fourth-order valence-electron chi connectivity index (χ4n) is 4.37. The zero-order valence-electron chi connectivity index (χ0n) is 19.6. The first-order chi connectivity index (χ1) is 14.8. The first-order valence-electron chi connectivity index (χ1n) is 11.4. The molecule has 2 N–H and O–H groups in total. The molecule has 1 fully saturated rings. The lowest BCUT2D eigenvalue weighted by molar-refractivity contribution is 0.305. The molecule has 166 valence electrons. The molecule has 2 heterocycles. The van der Waals surface area contributed by atoms with Gasteiger partial charge in [-0.3, -0.25) is 0 Å². The maximum Gasteiger partial charge on any atom is 0.229 e. The Hall–Kier alpha value is -2.65. The van der Waals surface area contributed by atoms with Gasteiger partial charge in [0.2, 0.25) is 5.95 Å². The summed E-state index contributed by atoms with van der Waals surface area (Å²) in [6.07, 6.45) is 4.23. The van der Waals surface area contributed by atoms with Crippen LogP contribution in [-0.2, 0) is 6.42 Å². The van der Waals surface area contributed by atoms with E-state index in [2.05, 4.69) is 62.3 Å². The topological polar surface area (TPSA) is 76.9 Å². The van der Waals surface area contributed by atoms with Gasteiger partial charge in [0.15, 0.2) is 0 Å². The van der Waals surface area contributed by atoms with Crippen molar-refractivity contribution in [3.63, 3.8) is 0 Å². The van der Waals surface area contributed by atoms with Crippen molar-refractivity contribution < 1.29 is 0 Å². The van der Waals surface area contributed by atoms with Crippen LogP contribution in [-0.4, -0.2) is 35.1 Å². The number of nitriles is 1. The molecule has 1 aromatic carbocycles. The van der Waals surface area contributed by atoms with Gasteiger partial charge in [-0.25, -0.2) is 4.98 Å². The Morgan fingerprint density at radius 3 is 2.77 bits per heavy atom. The van der Waals surface area contributed by atoms with E-state index >= 15 is 0 Å². The van der Waals surface area contributed by atoms with Crippen LogP contribution in [0, 0.1) is 16.7 Å². The van der Waals surface area contributed by atoms with Crippen molar-refractivity contribution in [1.29, 1.82) is 5.26 Å². The molecule has 6 nitrogen and oxygen atoms in total. The highest BCUT2D eigenvalue weighted by Gasteiger charge is 2.26. The molecule has 0 radical (unpaired) electrons. The van der Waals surface area contributed by atoms with Crippen molar-refractivity contribution in [2.75, 3.05) is 23.3 Å². The predicted molar refractivity (Wildman–Crippen MR) is 128 cm³/mol. The van der Waals surface area contributed by atoms with Crippen LogP contribution in [0.5, 0.6) is 0 Å². The number of aromatic nitrogens is 2. The molecule has 1 aliphatic rings. The number of benzene rings is 1. The van der Waals surface area contributed by atoms with Gasteiger partial charge in [-0.2, -0.15) is 10.2 Å². The lowest BCUT2D eigenvalue weighted by Gasteiger charge is -2.27. The van der Waals surface area contributed by atoms with Gasteiger partial charge in [-0.05, 0) is 49.8 Å². The summed E-state index contributed by atoms with van der Waals surface area (Å²) < 4.78 is 0. The molecule has 0 aliphatic carbocycles. The van der Waals surface area contributed by atoms with Crippen molar-refractivity contribution >= 4 is 17.5 Å². The molecular weight excluding hydrogens is 384 g/mol. The summed E-state index contributed by atoms with van der Waals surface area (Å²) in [7, 11) is 0. The second kappa shape index (κ2) is 10.1. The van der Waals surface area contributed by atoms with E-state index in [-0.39, 0.29) is 0 Å². The van der Waals surface area contributed by atoms with Crippen molar-refractivity contribution in [2.45, 2.75) is 72.4 Å². The molecule has 2 unspecified atom stereocenters. The smallest absolute Gasteiger partial charge is 0.229 e. The van der Waals surface area contributed by atoms with Gasteiger partial charge in [0.05, 0.1) is 11.6 Å². The van der Waals surface area contributed by atoms with Crippen LogP contribution in [0.2, 0.25) is 0 Å². The van der Waals surface area contributed by atoms with Crippen LogP contribution < -0.4 is 15.5 Å². The van der Waals surface area contributed by atoms with E-state index in [0.29, 0.717) is 29.0 Å². The fraction of sp³-hybridized carbons (Fsp3) is 0.560. The van der Waals surface area contributed by atoms with Crippen LogP contribution in [0.1, 0.15) is 65.1 Å². The zero-order chi connectivity index (χ0) is 22.4. The number of hydrogen-bond donors (Lipinski definition) is 2. The molecule has 6 heteroatoms. The molecular formula is C25H36N6. The Bertz CT molecular complexity index is 911. The van der Waals surface area contributed by atoms with Gasteiger partial charge in [0.1, 0.15) is 5.82 Å². The number of rotatable bonds is 8. The Balaban J connectivity index is 1.72. The van der Waals surface area contributed by atoms with Crippen molar-refractivity contribution in [3.05, 3.63) is 41.6 Å². The van der Waals surface area contributed by atoms with Gasteiger partial charge in [0.25, 0.3) is 0 Å². The highest BCUT2D eigenvalue weighted by Crippen LogP contribution is 2.25. The molecule has 1 saturated heterocycles. The maximum atomic E-state index is 9.16. The molecule has 2 aromatic rings. The summed E-state index contributed by atoms with van der Waals surface area (Å²) in [5.41, 5.74) is 2.82. The predicted octanol–water partition coefficient (Wildman–Crippen LogP) is 5.04. The van der Waals surface area contributed by atoms with Crippen molar-refractivity contribution in [3.8, 4) is 6.07 Å². The minimum Gasteiger partial charge on any atom is -0.355 e. The van der Waals surface area contributed by atoms with E-state index in [1.165, 1.54) is 0 Å². The molecule has 0 bridgehead atoms. The van der Waals surface area contributed by atoms with Gasteiger partial charge < -0.3 is 15.5 Å². The van der Waals surface area contributed by atoms with Crippen LogP contribution >= 0.6 is 0 Å². The summed E-state index contributed by atoms with van der Waals surface area (Å²) >= 11 is 0. The molecule has 0 spiro atoms. The first kappa shape index (κ1) is 23.0. The Morgan fingerprint density at radius 1 is 1.26 bits per heavy atom. The van der Waals surface area contributed by atoms with Crippen LogP contribution in [0.15, 0.2) is 30.3 Å². The number of nitrogens with zero attached hydrogens (tertiary/aromatic N) is 4. The fourth-order valence-corrected chi connectivity index (χ4v) is 4.37. The third-order valence-electron chi connectivity index (χ3n) is 5.47. The molecule has 0 amide bonds. The third kappa shape index (κ3) is 6.93. The van der Waals surface area contributed by atoms with Crippen molar-refractivity contribution in [1.82, 2.24) is 15.3 Å². The maximum absolute atomic E-state index is 9.16. The Labute approximate surface area is 187 Å². The molecule has 1 aliphatic heterocycles. The largest absolute Gasteiger partial charge is 0.355 e. The van der Waals surface area contributed by atoms with Crippen LogP contribution in [0.4, 0.5) is 17.5 Å². The summed E-state index contributed by atoms with van der Waals surface area (Å²) in [5, 5.41) is 16.3. The van der Waals surface area contributed by atoms with E-state index in [4.69, 9.17) is 15.2 Å². The highest BCUT2D eigenvalue weighted by atomic mass is 15.3. The summed E-state index contributed by atoms with van der Waals surface area (Å²) in [6.45, 7) is 13.3. The van der Waals surface area contributed by atoms with E-state index in [0.717, 1.165) is 56.0 Å². The summed E-state index contributed by atoms with van der Waals surface area (Å²) in [5.74, 6) is 1.57. The van der Waals surface area contributed by atoms with Gasteiger partial charge in [0, 0.05) is 42.6 Å². The second-order valence-corrected chi connectivity index (χ2v) is 9.87. The number of aryl methyl sites for hydroxylation is 1. The highest BCUT2D eigenvalue weighted by molar-refractivity contribution is 5.58. The standard InChI is InChI=1S/C25H36N6/c1-6-8-20-14-23(30-24(28-20)29-21-10-7-9-19(13-21)16-26)31-12-11-22(17-31)27-18(2)15-25(3,4)5/h7,9-10,13-14,18,22,27H,6,8,11-12,15,17H2,1-5H3,(H,28,29,30). The lowest BCUT2D eigenvalue weighted by Crippen LogP contribution is -2.40. The second-order valence-electron chi connectivity index (χ2n) is 9.87. The number of hydrogen-bond acceptors (Lipinski definition) is 6. The third-order valence-corrected chi connectivity index (χ3v) is 5.47. The van der Waals surface area contributed by atoms with Gasteiger partial charge in [-0.1, -0.05) is 40.2 Å². The molecule has 31 heavy (non-hydrogen) atoms. The van der Waals surface area contributed by atoms with E-state index in [1.807, 2.05) is 18.2 Å². The molecule has 0 saturated carbocycles. The van der Waals surface area contributed by atoms with Crippen LogP contribution in [0.3, 0.4) is 0 Å². The quantitative estimate of drug-likeness (QED) is 0.623. The van der Waals surface area contributed by atoms with Crippen LogP contribution in [0.25, 0.3) is 0 Å². The van der Waals surface area contributed by atoms with E-state index in [9.17, 15) is 0 Å². The average molecular weight is 421 g/mol. The summed E-state index contributed by atoms with van der Waals surface area (Å²) in [4.78, 5) is 11.9. The minimum absolute atomic E-state index is 0.329. The summed E-state index contributed by atoms with van der Waals surface area (Å²) in [6, 6.07) is 12.7. The van der Waals surface area contributed by atoms with Gasteiger partial charge in [-0.15, -0.1) is 0 Å². The van der Waals surface area contributed by atoms with E-state index in [1.54, 1.807) is 6.07 Å². The Kier molecular flexibility index (Phi) is 7.50. The number of nitrogens with one attached hydrogen (secondary N) is 2. The normalized spacial score (nSPS) is 17.4. The molecule has 1 aromatic heterocycles. The molecule has 2 atom stereocenters. The monoisotopic (exact) mass is 420 g/mol. The zero-order valence-corrected chi connectivity index (χ0v) is 19.6. The van der Waals surface area contributed by atoms with E-state index < -0.39 is 0 Å². The lowest BCUT2D eigenvalue weighted by atomic mass is 9.88. The van der Waals surface area contributed by atoms with Gasteiger partial charge >= 0.3 is 0 Å².